The number of carbonyl (C=O) groups is 1. The first-order chi connectivity index (χ1) is 10.1. The van der Waals surface area contributed by atoms with Crippen LogP contribution < -0.4 is 4.74 Å². The van der Waals surface area contributed by atoms with E-state index in [1.165, 1.54) is 0 Å². The summed E-state index contributed by atoms with van der Waals surface area (Å²) in [5, 5.41) is 0. The molecule has 0 bridgehead atoms. The highest BCUT2D eigenvalue weighted by Gasteiger charge is 2.12. The Morgan fingerprint density at radius 1 is 1.19 bits per heavy atom. The maximum Gasteiger partial charge on any atom is 0.168 e. The molecule has 0 heterocycles. The molecular weight excluding hydrogens is 267 g/mol. The van der Waals surface area contributed by atoms with Gasteiger partial charge in [0.15, 0.2) is 11.6 Å². The highest BCUT2D eigenvalue weighted by molar-refractivity contribution is 5.77. The normalized spacial score (nSPS) is 10.7. The average molecular weight is 294 g/mol. The van der Waals surface area contributed by atoms with Crippen LogP contribution in [0.4, 0.5) is 4.39 Å². The van der Waals surface area contributed by atoms with Crippen LogP contribution in [-0.4, -0.2) is 12.4 Å². The van der Waals surface area contributed by atoms with Crippen molar-refractivity contribution >= 4 is 5.78 Å². The summed E-state index contributed by atoms with van der Waals surface area (Å²) in [6, 6.07) is 3.63. The van der Waals surface area contributed by atoms with Crippen molar-refractivity contribution in [1.82, 2.24) is 0 Å². The molecule has 0 unspecified atom stereocenters. The number of ketones is 1. The van der Waals surface area contributed by atoms with Crippen LogP contribution in [0.5, 0.6) is 5.75 Å². The van der Waals surface area contributed by atoms with Gasteiger partial charge in [-0.15, -0.1) is 0 Å². The molecule has 118 valence electrons. The standard InChI is InChI=1S/C18H27FO2/c1-4-13-21-17-12-11-14(3)16(18(17)19)10-8-6-7-9-15(20)5-2/h11-12H,4-10,13H2,1-3H3. The molecule has 0 fully saturated rings. The van der Waals surface area contributed by atoms with E-state index in [0.717, 1.165) is 36.8 Å². The Balaban J connectivity index is 2.51. The molecule has 2 nitrogen and oxygen atoms in total. The van der Waals surface area contributed by atoms with Gasteiger partial charge in [0.25, 0.3) is 0 Å². The third-order valence-corrected chi connectivity index (χ3v) is 3.68. The van der Waals surface area contributed by atoms with Crippen molar-refractivity contribution in [2.75, 3.05) is 6.61 Å². The zero-order valence-corrected chi connectivity index (χ0v) is 13.5. The molecule has 0 aliphatic heterocycles. The lowest BCUT2D eigenvalue weighted by atomic mass is 10.00. The van der Waals surface area contributed by atoms with Crippen LogP contribution in [0.1, 0.15) is 63.5 Å². The Bertz CT molecular complexity index is 455. The summed E-state index contributed by atoms with van der Waals surface area (Å²) < 4.78 is 19.8. The third-order valence-electron chi connectivity index (χ3n) is 3.68. The molecule has 0 N–H and O–H groups in total. The number of hydrogen-bond donors (Lipinski definition) is 0. The molecule has 0 saturated heterocycles. The highest BCUT2D eigenvalue weighted by Crippen LogP contribution is 2.25. The number of hydrogen-bond acceptors (Lipinski definition) is 2. The smallest absolute Gasteiger partial charge is 0.168 e. The van der Waals surface area contributed by atoms with Gasteiger partial charge in [0.2, 0.25) is 0 Å². The maximum atomic E-state index is 14.4. The second-order valence-electron chi connectivity index (χ2n) is 5.47. The molecular formula is C18H27FO2. The molecule has 0 aliphatic carbocycles. The summed E-state index contributed by atoms with van der Waals surface area (Å²) in [4.78, 5) is 11.2. The van der Waals surface area contributed by atoms with Crippen LogP contribution in [0.2, 0.25) is 0 Å². The van der Waals surface area contributed by atoms with Gasteiger partial charge < -0.3 is 4.74 Å². The molecule has 3 heteroatoms. The minimum absolute atomic E-state index is 0.215. The number of halogens is 1. The first kappa shape index (κ1) is 17.7. The molecule has 1 aromatic carbocycles. The molecule has 0 aromatic heterocycles. The van der Waals surface area contributed by atoms with Gasteiger partial charge in [-0.05, 0) is 49.8 Å². The number of aryl methyl sites for hydroxylation is 1. The zero-order valence-electron chi connectivity index (χ0n) is 13.5. The van der Waals surface area contributed by atoms with Crippen molar-refractivity contribution in [2.45, 2.75) is 65.7 Å². The van der Waals surface area contributed by atoms with Crippen molar-refractivity contribution in [3.63, 3.8) is 0 Å². The van der Waals surface area contributed by atoms with Crippen LogP contribution in [0.3, 0.4) is 0 Å². The maximum absolute atomic E-state index is 14.4. The van der Waals surface area contributed by atoms with E-state index in [-0.39, 0.29) is 5.82 Å². The van der Waals surface area contributed by atoms with E-state index in [0.29, 0.717) is 37.4 Å². The van der Waals surface area contributed by atoms with E-state index >= 15 is 0 Å². The van der Waals surface area contributed by atoms with Gasteiger partial charge in [-0.3, -0.25) is 4.79 Å². The van der Waals surface area contributed by atoms with Gasteiger partial charge >= 0.3 is 0 Å². The van der Waals surface area contributed by atoms with Crippen LogP contribution in [0.15, 0.2) is 12.1 Å². The lowest BCUT2D eigenvalue weighted by Crippen LogP contribution is -2.02. The summed E-state index contributed by atoms with van der Waals surface area (Å²) >= 11 is 0. The van der Waals surface area contributed by atoms with Gasteiger partial charge in [0.1, 0.15) is 5.78 Å². The SMILES string of the molecule is CCCOc1ccc(C)c(CCCCCC(=O)CC)c1F. The first-order valence-corrected chi connectivity index (χ1v) is 8.02. The van der Waals surface area contributed by atoms with Crippen molar-refractivity contribution in [3.8, 4) is 5.75 Å². The van der Waals surface area contributed by atoms with E-state index < -0.39 is 0 Å². The second-order valence-corrected chi connectivity index (χ2v) is 5.47. The molecule has 0 aliphatic rings. The Kier molecular flexibility index (Phi) is 8.03. The first-order valence-electron chi connectivity index (χ1n) is 8.02. The molecule has 0 saturated carbocycles. The van der Waals surface area contributed by atoms with Crippen LogP contribution >= 0.6 is 0 Å². The average Bonchev–Trinajstić information content (AvgIpc) is 2.48. The Morgan fingerprint density at radius 2 is 1.95 bits per heavy atom. The van der Waals surface area contributed by atoms with E-state index in [1.54, 1.807) is 6.07 Å². The molecule has 1 rings (SSSR count). The van der Waals surface area contributed by atoms with Crippen LogP contribution in [0.25, 0.3) is 0 Å². The third kappa shape index (κ3) is 5.86. The number of rotatable bonds is 10. The Labute approximate surface area is 127 Å². The Hall–Kier alpha value is -1.38. The summed E-state index contributed by atoms with van der Waals surface area (Å²) in [7, 11) is 0. The number of ether oxygens (including phenoxy) is 1. The number of Topliss-reactive ketones (excluding diaryl/α,β-unsaturated/α-hetero) is 1. The second kappa shape index (κ2) is 9.54. The predicted molar refractivity (Wildman–Crippen MR) is 84.4 cm³/mol. The molecule has 0 spiro atoms. The van der Waals surface area contributed by atoms with E-state index in [1.807, 2.05) is 26.8 Å². The zero-order chi connectivity index (χ0) is 15.7. The minimum Gasteiger partial charge on any atom is -0.491 e. The molecule has 1 aromatic rings. The van der Waals surface area contributed by atoms with Crippen LogP contribution in [0, 0.1) is 12.7 Å². The van der Waals surface area contributed by atoms with Crippen molar-refractivity contribution < 1.29 is 13.9 Å². The quantitative estimate of drug-likeness (QED) is 0.567. The van der Waals surface area contributed by atoms with Crippen molar-refractivity contribution in [2.24, 2.45) is 0 Å². The fourth-order valence-electron chi connectivity index (χ4n) is 2.30. The number of unbranched alkanes of at least 4 members (excludes halogenated alkanes) is 2. The van der Waals surface area contributed by atoms with Gasteiger partial charge in [0, 0.05) is 12.8 Å². The Morgan fingerprint density at radius 3 is 2.62 bits per heavy atom. The van der Waals surface area contributed by atoms with Gasteiger partial charge in [-0.2, -0.15) is 0 Å². The molecule has 0 atom stereocenters. The van der Waals surface area contributed by atoms with Gasteiger partial charge in [0.05, 0.1) is 6.61 Å². The highest BCUT2D eigenvalue weighted by atomic mass is 19.1. The minimum atomic E-state index is -0.215. The predicted octanol–water partition coefficient (Wildman–Crippen LogP) is 5.00. The molecule has 21 heavy (non-hydrogen) atoms. The fraction of sp³-hybridized carbons (Fsp3) is 0.611. The molecule has 0 radical (unpaired) electrons. The molecule has 0 amide bonds. The van der Waals surface area contributed by atoms with Crippen LogP contribution in [-0.2, 0) is 11.2 Å². The van der Waals surface area contributed by atoms with E-state index in [9.17, 15) is 9.18 Å². The summed E-state index contributed by atoms with van der Waals surface area (Å²) in [5.74, 6) is 0.457. The summed E-state index contributed by atoms with van der Waals surface area (Å²) in [6.45, 7) is 6.37. The lowest BCUT2D eigenvalue weighted by Gasteiger charge is -2.12. The van der Waals surface area contributed by atoms with E-state index in [2.05, 4.69) is 0 Å². The monoisotopic (exact) mass is 294 g/mol. The summed E-state index contributed by atoms with van der Waals surface area (Å²) in [6.07, 6.45) is 5.62. The van der Waals surface area contributed by atoms with Gasteiger partial charge in [-0.25, -0.2) is 4.39 Å². The van der Waals surface area contributed by atoms with Crippen molar-refractivity contribution in [3.05, 3.63) is 29.1 Å². The van der Waals surface area contributed by atoms with E-state index in [4.69, 9.17) is 4.74 Å². The fourth-order valence-corrected chi connectivity index (χ4v) is 2.30. The summed E-state index contributed by atoms with van der Waals surface area (Å²) in [5.41, 5.74) is 1.73. The topological polar surface area (TPSA) is 26.3 Å². The largest absolute Gasteiger partial charge is 0.491 e. The lowest BCUT2D eigenvalue weighted by molar-refractivity contribution is -0.118. The number of carbonyl (C=O) groups excluding carboxylic acids is 1. The number of benzene rings is 1. The van der Waals surface area contributed by atoms with Gasteiger partial charge in [-0.1, -0.05) is 26.3 Å². The van der Waals surface area contributed by atoms with Crippen molar-refractivity contribution in [1.29, 1.82) is 0 Å².